The van der Waals surface area contributed by atoms with Gasteiger partial charge in [0.15, 0.2) is 0 Å². The van der Waals surface area contributed by atoms with E-state index in [-0.39, 0.29) is 0 Å². The fraction of sp³-hybridized carbons (Fsp3) is 0.286. The van der Waals surface area contributed by atoms with Crippen LogP contribution in [0.3, 0.4) is 0 Å². The summed E-state index contributed by atoms with van der Waals surface area (Å²) in [6, 6.07) is 10.6. The van der Waals surface area contributed by atoms with Crippen LogP contribution in [0.5, 0.6) is 0 Å². The van der Waals surface area contributed by atoms with E-state index in [4.69, 9.17) is 6.42 Å². The van der Waals surface area contributed by atoms with Gasteiger partial charge >= 0.3 is 0 Å². The van der Waals surface area contributed by atoms with Gasteiger partial charge in [-0.2, -0.15) is 0 Å². The Kier molecular flexibility index (Phi) is 5.29. The Balaban J connectivity index is 2.26. The van der Waals surface area contributed by atoms with E-state index in [1.165, 1.54) is 5.56 Å². The first-order chi connectivity index (χ1) is 7.33. The number of benzene rings is 1. The SMILES string of the molecule is C#CCC(C)NC/C=C/c1ccccc1. The summed E-state index contributed by atoms with van der Waals surface area (Å²) in [4.78, 5) is 0. The van der Waals surface area contributed by atoms with Crippen LogP contribution in [0.4, 0.5) is 0 Å². The standard InChI is InChI=1S/C14H17N/c1-3-8-13(2)15-12-7-11-14-9-5-4-6-10-14/h1,4-7,9-11,13,15H,8,12H2,2H3/b11-7+. The third-order valence-electron chi connectivity index (χ3n) is 2.12. The Morgan fingerprint density at radius 3 is 2.80 bits per heavy atom. The maximum atomic E-state index is 5.22. The monoisotopic (exact) mass is 199 g/mol. The quantitative estimate of drug-likeness (QED) is 0.719. The lowest BCUT2D eigenvalue weighted by molar-refractivity contribution is 0.598. The highest BCUT2D eigenvalue weighted by molar-refractivity contribution is 5.48. The highest BCUT2D eigenvalue weighted by Gasteiger charge is 1.94. The minimum absolute atomic E-state index is 0.385. The third-order valence-corrected chi connectivity index (χ3v) is 2.12. The number of hydrogen-bond donors (Lipinski definition) is 1. The first-order valence-electron chi connectivity index (χ1n) is 5.21. The van der Waals surface area contributed by atoms with E-state index in [0.29, 0.717) is 6.04 Å². The van der Waals surface area contributed by atoms with Gasteiger partial charge in [-0.3, -0.25) is 0 Å². The van der Waals surface area contributed by atoms with Crippen LogP contribution in [-0.4, -0.2) is 12.6 Å². The van der Waals surface area contributed by atoms with E-state index >= 15 is 0 Å². The van der Waals surface area contributed by atoms with Crippen LogP contribution in [0.15, 0.2) is 36.4 Å². The van der Waals surface area contributed by atoms with Gasteiger partial charge in [-0.15, -0.1) is 12.3 Å². The first kappa shape index (κ1) is 11.6. The van der Waals surface area contributed by atoms with Crippen LogP contribution in [0, 0.1) is 12.3 Å². The summed E-state index contributed by atoms with van der Waals surface area (Å²) in [7, 11) is 0. The summed E-state index contributed by atoms with van der Waals surface area (Å²) < 4.78 is 0. The molecule has 0 radical (unpaired) electrons. The van der Waals surface area contributed by atoms with E-state index in [1.807, 2.05) is 18.2 Å². The van der Waals surface area contributed by atoms with Gasteiger partial charge in [0.25, 0.3) is 0 Å². The largest absolute Gasteiger partial charge is 0.310 e. The van der Waals surface area contributed by atoms with Gasteiger partial charge < -0.3 is 5.32 Å². The van der Waals surface area contributed by atoms with Crippen molar-refractivity contribution in [2.45, 2.75) is 19.4 Å². The summed E-state index contributed by atoms with van der Waals surface area (Å²) in [6.07, 6.45) is 10.2. The fourth-order valence-electron chi connectivity index (χ4n) is 1.28. The van der Waals surface area contributed by atoms with Crippen LogP contribution in [0.1, 0.15) is 18.9 Å². The van der Waals surface area contributed by atoms with E-state index in [2.05, 4.69) is 42.4 Å². The molecule has 0 fully saturated rings. The van der Waals surface area contributed by atoms with Gasteiger partial charge in [0, 0.05) is 19.0 Å². The van der Waals surface area contributed by atoms with Crippen molar-refractivity contribution in [3.8, 4) is 12.3 Å². The number of hydrogen-bond acceptors (Lipinski definition) is 1. The Hall–Kier alpha value is -1.52. The maximum absolute atomic E-state index is 5.22. The molecular formula is C14H17N. The molecule has 1 N–H and O–H groups in total. The van der Waals surface area contributed by atoms with Crippen molar-refractivity contribution in [1.29, 1.82) is 0 Å². The highest BCUT2D eigenvalue weighted by atomic mass is 14.9. The third kappa shape index (κ3) is 5.05. The van der Waals surface area contributed by atoms with Crippen molar-refractivity contribution >= 4 is 6.08 Å². The number of nitrogens with one attached hydrogen (secondary N) is 1. The lowest BCUT2D eigenvalue weighted by Crippen LogP contribution is -2.25. The molecule has 0 spiro atoms. The predicted molar refractivity (Wildman–Crippen MR) is 66.4 cm³/mol. The zero-order chi connectivity index (χ0) is 10.9. The van der Waals surface area contributed by atoms with Gasteiger partial charge in [-0.1, -0.05) is 42.5 Å². The van der Waals surface area contributed by atoms with Gasteiger partial charge in [-0.05, 0) is 12.5 Å². The van der Waals surface area contributed by atoms with Crippen LogP contribution in [-0.2, 0) is 0 Å². The number of rotatable bonds is 5. The summed E-state index contributed by atoms with van der Waals surface area (Å²) in [5.74, 6) is 2.64. The molecule has 0 aliphatic rings. The molecule has 1 aromatic carbocycles. The van der Waals surface area contributed by atoms with Crippen molar-refractivity contribution in [1.82, 2.24) is 5.32 Å². The van der Waals surface area contributed by atoms with E-state index in [0.717, 1.165) is 13.0 Å². The molecule has 1 heteroatoms. The zero-order valence-electron chi connectivity index (χ0n) is 9.11. The molecule has 0 saturated carbocycles. The van der Waals surface area contributed by atoms with Crippen LogP contribution in [0.25, 0.3) is 6.08 Å². The zero-order valence-corrected chi connectivity index (χ0v) is 9.11. The second-order valence-electron chi connectivity index (χ2n) is 3.53. The molecule has 0 aromatic heterocycles. The van der Waals surface area contributed by atoms with Crippen LogP contribution in [0.2, 0.25) is 0 Å². The minimum Gasteiger partial charge on any atom is -0.310 e. The smallest absolute Gasteiger partial charge is 0.0238 e. The summed E-state index contributed by atoms with van der Waals surface area (Å²) >= 11 is 0. The molecule has 0 amide bonds. The molecule has 1 unspecified atom stereocenters. The topological polar surface area (TPSA) is 12.0 Å². The maximum Gasteiger partial charge on any atom is 0.0238 e. The summed E-state index contributed by atoms with van der Waals surface area (Å²) in [5.41, 5.74) is 1.23. The molecule has 1 aromatic rings. The van der Waals surface area contributed by atoms with Crippen molar-refractivity contribution in [3.05, 3.63) is 42.0 Å². The lowest BCUT2D eigenvalue weighted by Gasteiger charge is -2.07. The lowest BCUT2D eigenvalue weighted by atomic mass is 10.2. The van der Waals surface area contributed by atoms with Gasteiger partial charge in [0.1, 0.15) is 0 Å². The predicted octanol–water partition coefficient (Wildman–Crippen LogP) is 2.70. The average Bonchev–Trinajstić information content (AvgIpc) is 2.26. The van der Waals surface area contributed by atoms with Gasteiger partial charge in [-0.25, -0.2) is 0 Å². The Labute approximate surface area is 92.2 Å². The van der Waals surface area contributed by atoms with Crippen molar-refractivity contribution < 1.29 is 0 Å². The molecular weight excluding hydrogens is 182 g/mol. The minimum atomic E-state index is 0.385. The fourth-order valence-corrected chi connectivity index (χ4v) is 1.28. The second-order valence-corrected chi connectivity index (χ2v) is 3.53. The molecule has 0 aliphatic carbocycles. The molecule has 1 rings (SSSR count). The van der Waals surface area contributed by atoms with E-state index in [1.54, 1.807) is 0 Å². The van der Waals surface area contributed by atoms with Crippen molar-refractivity contribution in [3.63, 3.8) is 0 Å². The molecule has 78 valence electrons. The van der Waals surface area contributed by atoms with Gasteiger partial charge in [0.05, 0.1) is 0 Å². The molecule has 15 heavy (non-hydrogen) atoms. The van der Waals surface area contributed by atoms with Crippen molar-refractivity contribution in [2.24, 2.45) is 0 Å². The molecule has 0 heterocycles. The molecule has 0 saturated heterocycles. The van der Waals surface area contributed by atoms with E-state index < -0.39 is 0 Å². The first-order valence-corrected chi connectivity index (χ1v) is 5.21. The Morgan fingerprint density at radius 1 is 1.40 bits per heavy atom. The summed E-state index contributed by atoms with van der Waals surface area (Å²) in [5, 5.41) is 3.32. The highest BCUT2D eigenvalue weighted by Crippen LogP contribution is 2.00. The second kappa shape index (κ2) is 6.86. The Bertz CT molecular complexity index is 332. The molecule has 0 aliphatic heterocycles. The number of terminal acetylenes is 1. The molecule has 0 bridgehead atoms. The normalized spacial score (nSPS) is 12.5. The summed E-state index contributed by atoms with van der Waals surface area (Å²) in [6.45, 7) is 2.95. The van der Waals surface area contributed by atoms with Crippen LogP contribution < -0.4 is 5.32 Å². The average molecular weight is 199 g/mol. The van der Waals surface area contributed by atoms with E-state index in [9.17, 15) is 0 Å². The molecule has 1 atom stereocenters. The van der Waals surface area contributed by atoms with Crippen molar-refractivity contribution in [2.75, 3.05) is 6.54 Å². The van der Waals surface area contributed by atoms with Crippen LogP contribution >= 0.6 is 0 Å². The van der Waals surface area contributed by atoms with Gasteiger partial charge in [0.2, 0.25) is 0 Å². The molecule has 1 nitrogen and oxygen atoms in total. The Morgan fingerprint density at radius 2 is 2.13 bits per heavy atom.